The predicted octanol–water partition coefficient (Wildman–Crippen LogP) is 2.13. The maximum Gasteiger partial charge on any atom is 0.321 e. The molecule has 1 aliphatic heterocycles. The van der Waals surface area contributed by atoms with Crippen LogP contribution < -0.4 is 4.74 Å². The minimum Gasteiger partial charge on any atom is -0.494 e. The number of hydrogen-bond donors (Lipinski definition) is 1. The van der Waals surface area contributed by atoms with Crippen LogP contribution in [-0.4, -0.2) is 35.7 Å². The van der Waals surface area contributed by atoms with Crippen LogP contribution in [0.25, 0.3) is 0 Å². The van der Waals surface area contributed by atoms with Gasteiger partial charge in [0.05, 0.1) is 7.11 Å². The second-order valence-corrected chi connectivity index (χ2v) is 4.95. The number of carboxylic acid groups (broad SMARTS) is 1. The van der Waals surface area contributed by atoms with Crippen molar-refractivity contribution in [2.24, 2.45) is 5.92 Å². The van der Waals surface area contributed by atoms with Crippen LogP contribution >= 0.6 is 0 Å². The highest BCUT2D eigenvalue weighted by atomic mass is 19.1. The van der Waals surface area contributed by atoms with E-state index in [2.05, 4.69) is 0 Å². The van der Waals surface area contributed by atoms with Crippen molar-refractivity contribution in [3.8, 4) is 5.75 Å². The highest BCUT2D eigenvalue weighted by molar-refractivity contribution is 5.74. The van der Waals surface area contributed by atoms with Gasteiger partial charge in [-0.2, -0.15) is 0 Å². The van der Waals surface area contributed by atoms with E-state index >= 15 is 0 Å². The fourth-order valence-corrected chi connectivity index (χ4v) is 2.66. The summed E-state index contributed by atoms with van der Waals surface area (Å²) in [5.74, 6) is -0.968. The van der Waals surface area contributed by atoms with E-state index in [-0.39, 0.29) is 11.7 Å². The Morgan fingerprint density at radius 1 is 1.58 bits per heavy atom. The molecule has 0 spiro atoms. The smallest absolute Gasteiger partial charge is 0.321 e. The first-order valence-electron chi connectivity index (χ1n) is 6.32. The van der Waals surface area contributed by atoms with Crippen molar-refractivity contribution in [3.63, 3.8) is 0 Å². The number of hydrogen-bond acceptors (Lipinski definition) is 3. The summed E-state index contributed by atoms with van der Waals surface area (Å²) in [6.07, 6.45) is 0.822. The van der Waals surface area contributed by atoms with E-state index in [0.29, 0.717) is 18.7 Å². The number of carboxylic acids is 1. The molecule has 1 aliphatic rings. The summed E-state index contributed by atoms with van der Waals surface area (Å²) < 4.78 is 19.0. The van der Waals surface area contributed by atoms with Gasteiger partial charge >= 0.3 is 5.97 Å². The van der Waals surface area contributed by atoms with E-state index in [0.717, 1.165) is 6.42 Å². The Morgan fingerprint density at radius 2 is 2.32 bits per heavy atom. The number of halogens is 1. The van der Waals surface area contributed by atoms with Gasteiger partial charge in [0.1, 0.15) is 6.04 Å². The topological polar surface area (TPSA) is 49.8 Å². The molecule has 1 fully saturated rings. The molecular formula is C14H18FNO3. The molecule has 2 unspecified atom stereocenters. The highest BCUT2D eigenvalue weighted by Gasteiger charge is 2.36. The van der Waals surface area contributed by atoms with Crippen LogP contribution in [0.1, 0.15) is 18.9 Å². The third-order valence-electron chi connectivity index (χ3n) is 3.69. The van der Waals surface area contributed by atoms with Crippen LogP contribution in [0.15, 0.2) is 18.2 Å². The number of ether oxygens (including phenoxy) is 1. The van der Waals surface area contributed by atoms with E-state index in [1.165, 1.54) is 7.11 Å². The largest absolute Gasteiger partial charge is 0.494 e. The quantitative estimate of drug-likeness (QED) is 0.908. The van der Waals surface area contributed by atoms with E-state index in [1.54, 1.807) is 18.2 Å². The van der Waals surface area contributed by atoms with Crippen LogP contribution in [0.2, 0.25) is 0 Å². The maximum atomic E-state index is 14.1. The molecule has 2 rings (SSSR count). The minimum absolute atomic E-state index is 0.0890. The molecule has 0 bridgehead atoms. The third-order valence-corrected chi connectivity index (χ3v) is 3.69. The van der Waals surface area contributed by atoms with Crippen LogP contribution in [-0.2, 0) is 11.3 Å². The fraction of sp³-hybridized carbons (Fsp3) is 0.500. The van der Waals surface area contributed by atoms with Crippen molar-refractivity contribution in [1.82, 2.24) is 4.90 Å². The summed E-state index contributed by atoms with van der Waals surface area (Å²) in [6, 6.07) is 4.40. The molecule has 1 N–H and O–H groups in total. The molecule has 2 atom stereocenters. The monoisotopic (exact) mass is 267 g/mol. The molecule has 1 aromatic carbocycles. The first-order chi connectivity index (χ1) is 9.04. The molecule has 19 heavy (non-hydrogen) atoms. The van der Waals surface area contributed by atoms with Crippen LogP contribution in [0.5, 0.6) is 5.75 Å². The van der Waals surface area contributed by atoms with Gasteiger partial charge in [0, 0.05) is 12.1 Å². The molecule has 5 heteroatoms. The van der Waals surface area contributed by atoms with Gasteiger partial charge in [0.15, 0.2) is 11.6 Å². The summed E-state index contributed by atoms with van der Waals surface area (Å²) in [5, 5.41) is 9.24. The Hall–Kier alpha value is -1.62. The van der Waals surface area contributed by atoms with Crippen molar-refractivity contribution < 1.29 is 19.0 Å². The van der Waals surface area contributed by atoms with Crippen molar-refractivity contribution in [2.45, 2.75) is 25.9 Å². The molecule has 0 saturated carbocycles. The lowest BCUT2D eigenvalue weighted by atomic mass is 10.0. The van der Waals surface area contributed by atoms with E-state index in [4.69, 9.17) is 4.74 Å². The lowest BCUT2D eigenvalue weighted by Gasteiger charge is -2.23. The average Bonchev–Trinajstić information content (AvgIpc) is 2.73. The van der Waals surface area contributed by atoms with E-state index < -0.39 is 17.8 Å². The van der Waals surface area contributed by atoms with Gasteiger partial charge < -0.3 is 9.84 Å². The molecule has 1 aromatic rings. The third kappa shape index (κ3) is 2.71. The van der Waals surface area contributed by atoms with E-state index in [9.17, 15) is 14.3 Å². The normalized spacial score (nSPS) is 23.5. The Bertz CT molecular complexity index is 478. The number of methoxy groups -OCH3 is 1. The van der Waals surface area contributed by atoms with Crippen molar-refractivity contribution in [1.29, 1.82) is 0 Å². The standard InChI is InChI=1S/C14H18FNO3/c1-9-6-7-16(13(9)14(17)18)8-10-4-3-5-11(19-2)12(10)15/h3-5,9,13H,6-8H2,1-2H3,(H,17,18). The fourth-order valence-electron chi connectivity index (χ4n) is 2.66. The van der Waals surface area contributed by atoms with Crippen molar-refractivity contribution in [3.05, 3.63) is 29.6 Å². The van der Waals surface area contributed by atoms with Crippen LogP contribution in [0, 0.1) is 11.7 Å². The number of aliphatic carboxylic acids is 1. The minimum atomic E-state index is -0.840. The van der Waals surface area contributed by atoms with Gasteiger partial charge in [-0.25, -0.2) is 4.39 Å². The van der Waals surface area contributed by atoms with Gasteiger partial charge in [0.25, 0.3) is 0 Å². The van der Waals surface area contributed by atoms with Crippen LogP contribution in [0.3, 0.4) is 0 Å². The van der Waals surface area contributed by atoms with Gasteiger partial charge in [-0.05, 0) is 24.9 Å². The Labute approximate surface area is 111 Å². The van der Waals surface area contributed by atoms with Crippen LogP contribution in [0.4, 0.5) is 4.39 Å². The second-order valence-electron chi connectivity index (χ2n) is 4.95. The average molecular weight is 267 g/mol. The molecule has 0 radical (unpaired) electrons. The summed E-state index contributed by atoms with van der Waals surface area (Å²) in [4.78, 5) is 13.1. The zero-order valence-electron chi connectivity index (χ0n) is 11.1. The maximum absolute atomic E-state index is 14.1. The van der Waals surface area contributed by atoms with Gasteiger partial charge in [-0.3, -0.25) is 9.69 Å². The van der Waals surface area contributed by atoms with Gasteiger partial charge in [0.2, 0.25) is 0 Å². The molecule has 1 saturated heterocycles. The predicted molar refractivity (Wildman–Crippen MR) is 68.6 cm³/mol. The number of carbonyl (C=O) groups is 1. The number of nitrogens with zero attached hydrogens (tertiary/aromatic N) is 1. The molecule has 0 aliphatic carbocycles. The first-order valence-corrected chi connectivity index (χ1v) is 6.32. The molecule has 104 valence electrons. The summed E-state index contributed by atoms with van der Waals surface area (Å²) in [7, 11) is 1.42. The molecule has 0 aromatic heterocycles. The van der Waals surface area contributed by atoms with Gasteiger partial charge in [-0.1, -0.05) is 19.1 Å². The number of rotatable bonds is 4. The lowest BCUT2D eigenvalue weighted by molar-refractivity contribution is -0.143. The summed E-state index contributed by atoms with van der Waals surface area (Å²) in [5.41, 5.74) is 0.472. The zero-order valence-corrected chi connectivity index (χ0v) is 11.1. The Morgan fingerprint density at radius 3 is 2.95 bits per heavy atom. The molecule has 1 heterocycles. The summed E-state index contributed by atoms with van der Waals surface area (Å²) in [6.45, 7) is 2.89. The van der Waals surface area contributed by atoms with E-state index in [1.807, 2.05) is 11.8 Å². The Balaban J connectivity index is 2.19. The number of benzene rings is 1. The highest BCUT2D eigenvalue weighted by Crippen LogP contribution is 2.28. The molecule has 4 nitrogen and oxygen atoms in total. The summed E-state index contributed by atoms with van der Waals surface area (Å²) >= 11 is 0. The molecule has 0 amide bonds. The molecular weight excluding hydrogens is 249 g/mol. The Kier molecular flexibility index (Phi) is 4.04. The van der Waals surface area contributed by atoms with Crippen molar-refractivity contribution >= 4 is 5.97 Å². The van der Waals surface area contributed by atoms with Crippen molar-refractivity contribution in [2.75, 3.05) is 13.7 Å². The lowest BCUT2D eigenvalue weighted by Crippen LogP contribution is -2.38. The number of likely N-dealkylation sites (tertiary alicyclic amines) is 1. The SMILES string of the molecule is COc1cccc(CN2CCC(C)C2C(=O)O)c1F. The second kappa shape index (κ2) is 5.57. The zero-order chi connectivity index (χ0) is 14.0. The van der Waals surface area contributed by atoms with Gasteiger partial charge in [-0.15, -0.1) is 0 Å². The first kappa shape index (κ1) is 13.8.